The third-order valence-corrected chi connectivity index (χ3v) is 5.16. The first-order chi connectivity index (χ1) is 14.1. The van der Waals surface area contributed by atoms with Gasteiger partial charge in [0.05, 0.1) is 14.2 Å². The standard InChI is InChI=1S/C22H23NO5S/c1-26-16-8-9-21(27-2)19(12-16)20(24)13-23-22(25)15-5-3-6-17(11-15)28-14-18-7-4-10-29-18/h3-12,20,24H,13-14H2,1-2H3,(H,23,25). The normalized spacial score (nSPS) is 11.6. The molecule has 3 rings (SSSR count). The number of carbonyl (C=O) groups is 1. The summed E-state index contributed by atoms with van der Waals surface area (Å²) in [6, 6.07) is 16.1. The number of carbonyl (C=O) groups excluding carboxylic acids is 1. The highest BCUT2D eigenvalue weighted by Gasteiger charge is 2.16. The minimum absolute atomic E-state index is 0.0304. The zero-order chi connectivity index (χ0) is 20.6. The number of amides is 1. The van der Waals surface area contributed by atoms with Gasteiger partial charge in [0.1, 0.15) is 30.0 Å². The molecular weight excluding hydrogens is 390 g/mol. The Bertz CT molecular complexity index is 942. The molecule has 6 nitrogen and oxygen atoms in total. The molecule has 0 bridgehead atoms. The number of ether oxygens (including phenoxy) is 3. The van der Waals surface area contributed by atoms with Gasteiger partial charge in [0.25, 0.3) is 5.91 Å². The van der Waals surface area contributed by atoms with E-state index in [-0.39, 0.29) is 12.5 Å². The summed E-state index contributed by atoms with van der Waals surface area (Å²) in [5.74, 6) is 1.44. The van der Waals surface area contributed by atoms with Crippen LogP contribution in [0.2, 0.25) is 0 Å². The zero-order valence-corrected chi connectivity index (χ0v) is 17.1. The van der Waals surface area contributed by atoms with E-state index in [9.17, 15) is 9.90 Å². The van der Waals surface area contributed by atoms with E-state index in [1.54, 1.807) is 60.9 Å². The molecule has 1 atom stereocenters. The first-order valence-electron chi connectivity index (χ1n) is 9.04. The fourth-order valence-electron chi connectivity index (χ4n) is 2.78. The Morgan fingerprint density at radius 1 is 1.07 bits per heavy atom. The Labute approximate surface area is 173 Å². The summed E-state index contributed by atoms with van der Waals surface area (Å²) < 4.78 is 16.2. The van der Waals surface area contributed by atoms with E-state index in [4.69, 9.17) is 14.2 Å². The molecule has 2 N–H and O–H groups in total. The van der Waals surface area contributed by atoms with Gasteiger partial charge in [0.15, 0.2) is 0 Å². The van der Waals surface area contributed by atoms with Crippen molar-refractivity contribution in [1.82, 2.24) is 5.32 Å². The molecule has 0 fully saturated rings. The number of aliphatic hydroxyl groups excluding tert-OH is 1. The Morgan fingerprint density at radius 3 is 2.66 bits per heavy atom. The molecule has 1 aromatic heterocycles. The molecule has 2 aromatic carbocycles. The second-order valence-electron chi connectivity index (χ2n) is 6.23. The van der Waals surface area contributed by atoms with Gasteiger partial charge in [-0.25, -0.2) is 0 Å². The van der Waals surface area contributed by atoms with E-state index in [0.717, 1.165) is 4.88 Å². The summed E-state index contributed by atoms with van der Waals surface area (Å²) in [6.45, 7) is 0.486. The molecule has 0 saturated carbocycles. The Hall–Kier alpha value is -3.03. The Balaban J connectivity index is 1.61. The molecule has 0 aliphatic carbocycles. The highest BCUT2D eigenvalue weighted by Crippen LogP contribution is 2.29. The van der Waals surface area contributed by atoms with Crippen LogP contribution in [0.3, 0.4) is 0 Å². The lowest BCUT2D eigenvalue weighted by atomic mass is 10.1. The zero-order valence-electron chi connectivity index (χ0n) is 16.3. The van der Waals surface area contributed by atoms with Gasteiger partial charge < -0.3 is 24.6 Å². The van der Waals surface area contributed by atoms with E-state index in [2.05, 4.69) is 5.32 Å². The third-order valence-electron chi connectivity index (χ3n) is 4.31. The van der Waals surface area contributed by atoms with Crippen molar-refractivity contribution in [3.63, 3.8) is 0 Å². The molecule has 29 heavy (non-hydrogen) atoms. The molecule has 0 saturated heterocycles. The fraction of sp³-hybridized carbons (Fsp3) is 0.227. The lowest BCUT2D eigenvalue weighted by molar-refractivity contribution is 0.0914. The summed E-state index contributed by atoms with van der Waals surface area (Å²) in [4.78, 5) is 13.6. The van der Waals surface area contributed by atoms with Gasteiger partial charge in [0.2, 0.25) is 0 Å². The maximum absolute atomic E-state index is 12.5. The van der Waals surface area contributed by atoms with E-state index >= 15 is 0 Å². The molecule has 0 aliphatic heterocycles. The van der Waals surface area contributed by atoms with Gasteiger partial charge in [0, 0.05) is 22.5 Å². The van der Waals surface area contributed by atoms with Crippen molar-refractivity contribution in [2.24, 2.45) is 0 Å². The summed E-state index contributed by atoms with van der Waals surface area (Å²) >= 11 is 1.62. The summed E-state index contributed by atoms with van der Waals surface area (Å²) in [6.07, 6.45) is -0.942. The van der Waals surface area contributed by atoms with E-state index in [0.29, 0.717) is 35.0 Å². The minimum atomic E-state index is -0.942. The van der Waals surface area contributed by atoms with Crippen LogP contribution >= 0.6 is 11.3 Å². The lowest BCUT2D eigenvalue weighted by Crippen LogP contribution is -2.28. The van der Waals surface area contributed by atoms with Gasteiger partial charge in [-0.15, -0.1) is 11.3 Å². The van der Waals surface area contributed by atoms with Crippen LogP contribution in [0.4, 0.5) is 0 Å². The number of hydrogen-bond acceptors (Lipinski definition) is 6. The smallest absolute Gasteiger partial charge is 0.251 e. The first-order valence-corrected chi connectivity index (χ1v) is 9.92. The summed E-state index contributed by atoms with van der Waals surface area (Å²) in [5.41, 5.74) is 0.999. The molecule has 0 radical (unpaired) electrons. The van der Waals surface area contributed by atoms with Crippen molar-refractivity contribution in [3.05, 3.63) is 76.0 Å². The highest BCUT2D eigenvalue weighted by atomic mass is 32.1. The van der Waals surface area contributed by atoms with E-state index in [1.165, 1.54) is 7.11 Å². The van der Waals surface area contributed by atoms with Crippen molar-refractivity contribution in [2.75, 3.05) is 20.8 Å². The number of nitrogens with one attached hydrogen (secondary N) is 1. The molecule has 7 heteroatoms. The number of thiophene rings is 1. The fourth-order valence-corrected chi connectivity index (χ4v) is 3.39. The van der Waals surface area contributed by atoms with Crippen LogP contribution in [0, 0.1) is 0 Å². The van der Waals surface area contributed by atoms with Crippen LogP contribution in [0.25, 0.3) is 0 Å². The highest BCUT2D eigenvalue weighted by molar-refractivity contribution is 7.09. The SMILES string of the molecule is COc1ccc(OC)c(C(O)CNC(=O)c2cccc(OCc3cccs3)c2)c1. The van der Waals surface area contributed by atoms with Crippen molar-refractivity contribution in [1.29, 1.82) is 0 Å². The molecular formula is C22H23NO5S. The number of methoxy groups -OCH3 is 2. The van der Waals surface area contributed by atoms with Gasteiger partial charge in [-0.2, -0.15) is 0 Å². The number of aliphatic hydroxyl groups is 1. The van der Waals surface area contributed by atoms with Crippen molar-refractivity contribution in [3.8, 4) is 17.2 Å². The maximum atomic E-state index is 12.5. The van der Waals surface area contributed by atoms with Crippen molar-refractivity contribution >= 4 is 17.2 Å². The molecule has 0 aliphatic rings. The van der Waals surface area contributed by atoms with Crippen LogP contribution in [0.15, 0.2) is 60.0 Å². The van der Waals surface area contributed by atoms with Gasteiger partial charge in [-0.3, -0.25) is 4.79 Å². The van der Waals surface area contributed by atoms with E-state index < -0.39 is 6.10 Å². The predicted molar refractivity (Wildman–Crippen MR) is 112 cm³/mol. The second-order valence-corrected chi connectivity index (χ2v) is 7.26. The third kappa shape index (κ3) is 5.49. The second kappa shape index (κ2) is 9.95. The first kappa shape index (κ1) is 20.7. The molecule has 3 aromatic rings. The van der Waals surface area contributed by atoms with Crippen LogP contribution < -0.4 is 19.5 Å². The largest absolute Gasteiger partial charge is 0.497 e. The van der Waals surface area contributed by atoms with Gasteiger partial charge >= 0.3 is 0 Å². The lowest BCUT2D eigenvalue weighted by Gasteiger charge is -2.16. The van der Waals surface area contributed by atoms with Crippen molar-refractivity contribution in [2.45, 2.75) is 12.7 Å². The van der Waals surface area contributed by atoms with Crippen molar-refractivity contribution < 1.29 is 24.1 Å². The van der Waals surface area contributed by atoms with Gasteiger partial charge in [-0.05, 0) is 47.8 Å². The topological polar surface area (TPSA) is 77.0 Å². The van der Waals surface area contributed by atoms with Crippen LogP contribution in [0.1, 0.15) is 26.9 Å². The van der Waals surface area contributed by atoms with Crippen LogP contribution in [0.5, 0.6) is 17.2 Å². The monoisotopic (exact) mass is 413 g/mol. The number of benzene rings is 2. The molecule has 1 amide bonds. The average molecular weight is 413 g/mol. The molecule has 152 valence electrons. The summed E-state index contributed by atoms with van der Waals surface area (Å²) in [5, 5.41) is 15.3. The number of rotatable bonds is 9. The quantitative estimate of drug-likeness (QED) is 0.558. The van der Waals surface area contributed by atoms with Crippen LogP contribution in [-0.2, 0) is 6.61 Å². The van der Waals surface area contributed by atoms with E-state index in [1.807, 2.05) is 17.5 Å². The average Bonchev–Trinajstić information content (AvgIpc) is 3.29. The molecule has 1 heterocycles. The van der Waals surface area contributed by atoms with Crippen LogP contribution in [-0.4, -0.2) is 31.8 Å². The summed E-state index contributed by atoms with van der Waals surface area (Å²) in [7, 11) is 3.07. The van der Waals surface area contributed by atoms with Gasteiger partial charge in [-0.1, -0.05) is 12.1 Å². The Morgan fingerprint density at radius 2 is 1.93 bits per heavy atom. The minimum Gasteiger partial charge on any atom is -0.497 e. The molecule has 1 unspecified atom stereocenters. The Kier molecular flexibility index (Phi) is 7.10. The number of hydrogen-bond donors (Lipinski definition) is 2. The maximum Gasteiger partial charge on any atom is 0.251 e. The predicted octanol–water partition coefficient (Wildman–Crippen LogP) is 3.81. The molecule has 0 spiro atoms.